The Balaban J connectivity index is 2.05. The molecule has 0 saturated carbocycles. The largest absolute Gasteiger partial charge is 0.360 e. The predicted molar refractivity (Wildman–Crippen MR) is 68.5 cm³/mol. The van der Waals surface area contributed by atoms with Gasteiger partial charge in [-0.25, -0.2) is 4.98 Å². The maximum atomic E-state index is 11.7. The van der Waals surface area contributed by atoms with Crippen molar-refractivity contribution in [1.29, 1.82) is 0 Å². The van der Waals surface area contributed by atoms with Gasteiger partial charge in [-0.05, 0) is 19.1 Å². The number of pyridine rings is 1. The quantitative estimate of drug-likeness (QED) is 0.829. The van der Waals surface area contributed by atoms with E-state index in [0.29, 0.717) is 17.2 Å². The molecule has 1 atom stereocenters. The average Bonchev–Trinajstić information content (AvgIpc) is 2.92. The topological polar surface area (TPSA) is 99.7 Å². The van der Waals surface area contributed by atoms with E-state index < -0.39 is 0 Å². The third-order valence-electron chi connectivity index (χ3n) is 2.53. The molecule has 8 heteroatoms. The van der Waals surface area contributed by atoms with Crippen LogP contribution in [0, 0.1) is 0 Å². The minimum Gasteiger partial charge on any atom is -0.360 e. The highest BCUT2D eigenvalue weighted by Gasteiger charge is 2.12. The van der Waals surface area contributed by atoms with Crippen LogP contribution < -0.4 is 5.32 Å². The Labute approximate surface area is 110 Å². The predicted octanol–water partition coefficient (Wildman–Crippen LogP) is 0.470. The van der Waals surface area contributed by atoms with E-state index in [2.05, 4.69) is 30.9 Å². The number of carbonyl (C=O) groups excluding carboxylic acids is 1. The first-order valence-corrected chi connectivity index (χ1v) is 5.75. The first-order chi connectivity index (χ1) is 9.08. The van der Waals surface area contributed by atoms with Crippen LogP contribution >= 0.6 is 0 Å². The molecule has 1 unspecified atom stereocenters. The fraction of sp³-hybridized carbons (Fsp3) is 0.364. The highest BCUT2D eigenvalue weighted by atomic mass is 16.2. The molecule has 0 bridgehead atoms. The molecule has 2 aromatic heterocycles. The van der Waals surface area contributed by atoms with E-state index in [4.69, 9.17) is 0 Å². The number of amides is 1. The van der Waals surface area contributed by atoms with Crippen LogP contribution in [-0.4, -0.2) is 50.5 Å². The number of aromatic amines is 1. The molecule has 0 aliphatic carbocycles. The summed E-state index contributed by atoms with van der Waals surface area (Å²) in [5.41, 5.74) is 0.544. The van der Waals surface area contributed by atoms with Gasteiger partial charge >= 0.3 is 0 Å². The van der Waals surface area contributed by atoms with Gasteiger partial charge in [0.05, 0.1) is 11.6 Å². The Hall–Kier alpha value is -2.51. The third-order valence-corrected chi connectivity index (χ3v) is 2.53. The lowest BCUT2D eigenvalue weighted by atomic mass is 10.2. The molecule has 0 aliphatic heterocycles. The molecular weight excluding hydrogens is 246 g/mol. The second-order valence-electron chi connectivity index (χ2n) is 4.27. The molecule has 0 fully saturated rings. The highest BCUT2D eigenvalue weighted by Crippen LogP contribution is 2.13. The molecule has 100 valence electrons. The number of aromatic nitrogens is 5. The van der Waals surface area contributed by atoms with Crippen LogP contribution in [0.15, 0.2) is 18.3 Å². The van der Waals surface area contributed by atoms with E-state index in [-0.39, 0.29) is 11.9 Å². The van der Waals surface area contributed by atoms with Gasteiger partial charge in [0.1, 0.15) is 5.82 Å². The smallest absolute Gasteiger partial charge is 0.254 e. The summed E-state index contributed by atoms with van der Waals surface area (Å²) in [5, 5.41) is 16.8. The van der Waals surface area contributed by atoms with Crippen LogP contribution in [0.25, 0.3) is 0 Å². The van der Waals surface area contributed by atoms with Gasteiger partial charge in [-0.2, -0.15) is 5.21 Å². The van der Waals surface area contributed by atoms with E-state index in [0.717, 1.165) is 0 Å². The number of carbonyl (C=O) groups is 1. The normalized spacial score (nSPS) is 11.9. The van der Waals surface area contributed by atoms with Gasteiger partial charge in [0.2, 0.25) is 0 Å². The number of hydrogen-bond donors (Lipinski definition) is 2. The fourth-order valence-corrected chi connectivity index (χ4v) is 1.50. The van der Waals surface area contributed by atoms with Crippen molar-refractivity contribution in [2.45, 2.75) is 13.0 Å². The number of nitrogens with one attached hydrogen (secondary N) is 2. The molecule has 0 radical (unpaired) electrons. The minimum absolute atomic E-state index is 0.0785. The number of tetrazole rings is 1. The van der Waals surface area contributed by atoms with E-state index in [9.17, 15) is 4.79 Å². The summed E-state index contributed by atoms with van der Waals surface area (Å²) < 4.78 is 0. The van der Waals surface area contributed by atoms with Gasteiger partial charge in [0.25, 0.3) is 5.91 Å². The number of hydrogen-bond acceptors (Lipinski definition) is 6. The van der Waals surface area contributed by atoms with Crippen molar-refractivity contribution in [3.05, 3.63) is 29.7 Å². The van der Waals surface area contributed by atoms with Gasteiger partial charge in [-0.1, -0.05) is 5.21 Å². The molecule has 0 saturated heterocycles. The summed E-state index contributed by atoms with van der Waals surface area (Å²) >= 11 is 0. The lowest BCUT2D eigenvalue weighted by Gasteiger charge is -2.12. The van der Waals surface area contributed by atoms with Crippen LogP contribution in [0.2, 0.25) is 0 Å². The Morgan fingerprint density at radius 3 is 2.74 bits per heavy atom. The van der Waals surface area contributed by atoms with Crippen molar-refractivity contribution in [3.8, 4) is 0 Å². The number of H-pyrrole nitrogens is 1. The Morgan fingerprint density at radius 2 is 2.21 bits per heavy atom. The molecule has 0 spiro atoms. The summed E-state index contributed by atoms with van der Waals surface area (Å²) in [6.07, 6.45) is 1.54. The zero-order valence-electron chi connectivity index (χ0n) is 11.0. The second-order valence-corrected chi connectivity index (χ2v) is 4.27. The van der Waals surface area contributed by atoms with Crippen molar-refractivity contribution in [2.75, 3.05) is 19.4 Å². The van der Waals surface area contributed by atoms with Crippen LogP contribution in [0.1, 0.15) is 29.1 Å². The molecule has 2 aromatic rings. The molecule has 2 N–H and O–H groups in total. The number of rotatable bonds is 4. The SMILES string of the molecule is CC(Nc1ccc(C(=O)N(C)C)cn1)c1nn[nH]n1. The zero-order valence-corrected chi connectivity index (χ0v) is 11.0. The minimum atomic E-state index is -0.123. The molecular formula is C11H15N7O. The van der Waals surface area contributed by atoms with Gasteiger partial charge in [0, 0.05) is 20.3 Å². The van der Waals surface area contributed by atoms with Crippen molar-refractivity contribution < 1.29 is 4.79 Å². The van der Waals surface area contributed by atoms with Crippen molar-refractivity contribution in [1.82, 2.24) is 30.5 Å². The van der Waals surface area contributed by atoms with E-state index in [1.165, 1.54) is 11.1 Å². The van der Waals surface area contributed by atoms with Crippen molar-refractivity contribution in [2.24, 2.45) is 0 Å². The monoisotopic (exact) mass is 261 g/mol. The van der Waals surface area contributed by atoms with E-state index >= 15 is 0 Å². The molecule has 8 nitrogen and oxygen atoms in total. The molecule has 2 rings (SSSR count). The molecule has 0 aromatic carbocycles. The summed E-state index contributed by atoms with van der Waals surface area (Å²) in [6.45, 7) is 1.89. The fourth-order valence-electron chi connectivity index (χ4n) is 1.50. The van der Waals surface area contributed by atoms with Crippen LogP contribution in [0.4, 0.5) is 5.82 Å². The van der Waals surface area contributed by atoms with Crippen LogP contribution in [0.5, 0.6) is 0 Å². The lowest BCUT2D eigenvalue weighted by Crippen LogP contribution is -2.21. The Kier molecular flexibility index (Phi) is 3.69. The Morgan fingerprint density at radius 1 is 1.42 bits per heavy atom. The lowest BCUT2D eigenvalue weighted by molar-refractivity contribution is 0.0827. The van der Waals surface area contributed by atoms with Gasteiger partial charge < -0.3 is 10.2 Å². The average molecular weight is 261 g/mol. The first kappa shape index (κ1) is 12.9. The van der Waals surface area contributed by atoms with Crippen molar-refractivity contribution >= 4 is 11.7 Å². The molecule has 0 aliphatic rings. The second kappa shape index (κ2) is 5.42. The molecule has 19 heavy (non-hydrogen) atoms. The first-order valence-electron chi connectivity index (χ1n) is 5.75. The zero-order chi connectivity index (χ0) is 13.8. The maximum Gasteiger partial charge on any atom is 0.254 e. The standard InChI is InChI=1S/C11H15N7O/c1-7(10-14-16-17-15-10)13-9-5-4-8(6-12-9)11(19)18(2)3/h4-7H,1-3H3,(H,12,13)(H,14,15,16,17). The Bertz CT molecular complexity index is 535. The maximum absolute atomic E-state index is 11.7. The van der Waals surface area contributed by atoms with Crippen LogP contribution in [0.3, 0.4) is 0 Å². The summed E-state index contributed by atoms with van der Waals surface area (Å²) in [5.74, 6) is 1.12. The molecule has 2 heterocycles. The highest BCUT2D eigenvalue weighted by molar-refractivity contribution is 5.93. The van der Waals surface area contributed by atoms with Gasteiger partial charge in [0.15, 0.2) is 5.82 Å². The summed E-state index contributed by atoms with van der Waals surface area (Å²) in [4.78, 5) is 17.4. The summed E-state index contributed by atoms with van der Waals surface area (Å²) in [6, 6.07) is 3.34. The van der Waals surface area contributed by atoms with Crippen molar-refractivity contribution in [3.63, 3.8) is 0 Å². The number of nitrogens with zero attached hydrogens (tertiary/aromatic N) is 5. The van der Waals surface area contributed by atoms with Crippen LogP contribution in [-0.2, 0) is 0 Å². The molecule has 1 amide bonds. The van der Waals surface area contributed by atoms with Gasteiger partial charge in [-0.15, -0.1) is 10.2 Å². The van der Waals surface area contributed by atoms with E-state index in [1.54, 1.807) is 26.2 Å². The summed E-state index contributed by atoms with van der Waals surface area (Å²) in [7, 11) is 3.40. The van der Waals surface area contributed by atoms with Gasteiger partial charge in [-0.3, -0.25) is 4.79 Å². The third kappa shape index (κ3) is 3.03. The number of anilines is 1. The van der Waals surface area contributed by atoms with E-state index in [1.807, 2.05) is 6.92 Å².